The van der Waals surface area contributed by atoms with Crippen LogP contribution in [0.2, 0.25) is 0 Å². The van der Waals surface area contributed by atoms with Crippen molar-refractivity contribution in [2.75, 3.05) is 0 Å². The number of carbonyl (C=O) groups is 4. The van der Waals surface area contributed by atoms with E-state index in [4.69, 9.17) is 14.2 Å². The molecule has 1 saturated carbocycles. The number of esters is 3. The number of hydrogen-bond acceptors (Lipinski definition) is 8. The Labute approximate surface area is 179 Å². The Morgan fingerprint density at radius 1 is 1.19 bits per heavy atom. The van der Waals surface area contributed by atoms with E-state index in [0.717, 1.165) is 0 Å². The van der Waals surface area contributed by atoms with Crippen LogP contribution in [-0.4, -0.2) is 47.1 Å². The van der Waals surface area contributed by atoms with Crippen LogP contribution in [0.25, 0.3) is 6.08 Å². The fourth-order valence-electron chi connectivity index (χ4n) is 3.59. The zero-order chi connectivity index (χ0) is 22.5. The number of benzene rings is 1. The van der Waals surface area contributed by atoms with Crippen LogP contribution in [0.15, 0.2) is 42.5 Å². The number of Topliss-reactive ketones (excluding diaryl/α,β-unsaturated/α-hetero) is 1. The molecule has 1 aliphatic heterocycles. The van der Waals surface area contributed by atoms with Gasteiger partial charge in [-0.05, 0) is 37.1 Å². The third-order valence-electron chi connectivity index (χ3n) is 5.18. The molecule has 1 aliphatic carbocycles. The number of rotatable bonds is 8. The zero-order valence-corrected chi connectivity index (χ0v) is 17.2. The van der Waals surface area contributed by atoms with Crippen LogP contribution in [-0.2, 0) is 33.4 Å². The third kappa shape index (κ3) is 6.04. The molecule has 0 bridgehead atoms. The summed E-state index contributed by atoms with van der Waals surface area (Å²) in [7, 11) is 0. The average Bonchev–Trinajstić information content (AvgIpc) is 3.51. The van der Waals surface area contributed by atoms with Crippen molar-refractivity contribution in [3.63, 3.8) is 0 Å². The largest absolute Gasteiger partial charge is 0.508 e. The summed E-state index contributed by atoms with van der Waals surface area (Å²) in [5.74, 6) is -2.61. The number of carbonyl (C=O) groups excluding carboxylic acids is 4. The minimum absolute atomic E-state index is 0.115. The van der Waals surface area contributed by atoms with E-state index in [1.165, 1.54) is 44.2 Å². The normalized spacial score (nSPS) is 24.2. The second-order valence-corrected chi connectivity index (χ2v) is 7.60. The summed E-state index contributed by atoms with van der Waals surface area (Å²) in [6, 6.07) is 6.24. The number of hydrogen-bond donors (Lipinski definition) is 1. The smallest absolute Gasteiger partial charge is 0.331 e. The molecule has 8 heteroatoms. The van der Waals surface area contributed by atoms with Crippen molar-refractivity contribution < 1.29 is 38.5 Å². The highest BCUT2D eigenvalue weighted by molar-refractivity contribution is 5.93. The van der Waals surface area contributed by atoms with Crippen LogP contribution in [0.3, 0.4) is 0 Å². The summed E-state index contributed by atoms with van der Waals surface area (Å²) in [6.45, 7) is 2.76. The zero-order valence-electron chi connectivity index (χ0n) is 17.2. The van der Waals surface area contributed by atoms with Crippen LogP contribution in [0, 0.1) is 11.8 Å². The van der Waals surface area contributed by atoms with Gasteiger partial charge in [-0.2, -0.15) is 0 Å². The summed E-state index contributed by atoms with van der Waals surface area (Å²) in [4.78, 5) is 47.8. The minimum Gasteiger partial charge on any atom is -0.508 e. The molecule has 1 heterocycles. The second kappa shape index (κ2) is 9.59. The summed E-state index contributed by atoms with van der Waals surface area (Å²) in [6.07, 6.45) is 4.19. The molecule has 1 aromatic rings. The van der Waals surface area contributed by atoms with Crippen LogP contribution < -0.4 is 0 Å². The molecule has 31 heavy (non-hydrogen) atoms. The molecular weight excluding hydrogens is 404 g/mol. The Bertz CT molecular complexity index is 914. The third-order valence-corrected chi connectivity index (χ3v) is 5.18. The molecule has 0 saturated heterocycles. The molecule has 3 rings (SSSR count). The van der Waals surface area contributed by atoms with Crippen molar-refractivity contribution in [3.8, 4) is 5.75 Å². The van der Waals surface area contributed by atoms with E-state index in [-0.39, 0.29) is 17.5 Å². The Balaban J connectivity index is 1.56. The number of phenols is 1. The van der Waals surface area contributed by atoms with Gasteiger partial charge in [0, 0.05) is 37.3 Å². The lowest BCUT2D eigenvalue weighted by Gasteiger charge is -2.27. The second-order valence-electron chi connectivity index (χ2n) is 7.60. The maximum atomic E-state index is 12.7. The monoisotopic (exact) mass is 428 g/mol. The van der Waals surface area contributed by atoms with Gasteiger partial charge in [0.15, 0.2) is 11.9 Å². The quantitative estimate of drug-likeness (QED) is 0.381. The van der Waals surface area contributed by atoms with E-state index in [0.29, 0.717) is 18.4 Å². The van der Waals surface area contributed by atoms with E-state index >= 15 is 0 Å². The standard InChI is InChI=1S/C23H24O8/c1-13(29-21(27)11-8-15-6-9-16(25)10-7-15)22(28)17-12-18(17)23(30-14(2)24)19-4-3-5-20(26)31-19/h3,5-11,13,17-19,23,25H,4,12H2,1-2H3/b11-8-/t13-,17-,18-,19+,23-/m0/s1. The van der Waals surface area contributed by atoms with Crippen molar-refractivity contribution in [2.45, 2.75) is 45.0 Å². The summed E-state index contributed by atoms with van der Waals surface area (Å²) in [5, 5.41) is 9.27. The van der Waals surface area contributed by atoms with Crippen molar-refractivity contribution in [2.24, 2.45) is 11.8 Å². The molecule has 5 atom stereocenters. The van der Waals surface area contributed by atoms with Crippen LogP contribution in [0.5, 0.6) is 5.75 Å². The van der Waals surface area contributed by atoms with Gasteiger partial charge in [0.25, 0.3) is 0 Å². The van der Waals surface area contributed by atoms with Crippen molar-refractivity contribution >= 4 is 29.8 Å². The lowest BCUT2D eigenvalue weighted by molar-refractivity contribution is -0.167. The van der Waals surface area contributed by atoms with Crippen molar-refractivity contribution in [3.05, 3.63) is 48.1 Å². The van der Waals surface area contributed by atoms with E-state index in [2.05, 4.69) is 0 Å². The first-order chi connectivity index (χ1) is 14.7. The highest BCUT2D eigenvalue weighted by Gasteiger charge is 2.53. The van der Waals surface area contributed by atoms with Crippen molar-refractivity contribution in [1.29, 1.82) is 0 Å². The Morgan fingerprint density at radius 3 is 2.55 bits per heavy atom. The lowest BCUT2D eigenvalue weighted by Crippen LogP contribution is -2.38. The van der Waals surface area contributed by atoms with Gasteiger partial charge >= 0.3 is 17.9 Å². The topological polar surface area (TPSA) is 116 Å². The number of phenolic OH excluding ortho intramolecular Hbond substituents is 1. The molecule has 1 fully saturated rings. The van der Waals surface area contributed by atoms with Crippen LogP contribution >= 0.6 is 0 Å². The molecular formula is C23H24O8. The number of cyclic esters (lactones) is 1. The van der Waals surface area contributed by atoms with Crippen LogP contribution in [0.4, 0.5) is 0 Å². The SMILES string of the molecule is CC(=O)O[C@@H]([C@H]1C[C@@H]1C(=O)[C@H](C)OC(=O)/C=C\c1ccc(O)cc1)[C@H]1CC=CC(=O)O1. The number of ether oxygens (including phenoxy) is 3. The molecule has 0 radical (unpaired) electrons. The molecule has 164 valence electrons. The molecule has 0 aromatic heterocycles. The molecule has 0 unspecified atom stereocenters. The Hall–Kier alpha value is -3.42. The molecule has 8 nitrogen and oxygen atoms in total. The van der Waals surface area contributed by atoms with E-state index in [9.17, 15) is 24.3 Å². The van der Waals surface area contributed by atoms with Gasteiger partial charge in [0.05, 0.1) is 0 Å². The highest BCUT2D eigenvalue weighted by atomic mass is 16.6. The first-order valence-electron chi connectivity index (χ1n) is 10.0. The Morgan fingerprint density at radius 2 is 1.90 bits per heavy atom. The highest BCUT2D eigenvalue weighted by Crippen LogP contribution is 2.46. The molecule has 0 spiro atoms. The number of aromatic hydroxyl groups is 1. The molecule has 1 N–H and O–H groups in total. The van der Waals surface area contributed by atoms with Gasteiger partial charge in [-0.15, -0.1) is 0 Å². The van der Waals surface area contributed by atoms with E-state index < -0.39 is 42.1 Å². The van der Waals surface area contributed by atoms with Gasteiger partial charge < -0.3 is 19.3 Å². The minimum atomic E-state index is -0.973. The van der Waals surface area contributed by atoms with Crippen LogP contribution in [0.1, 0.15) is 32.3 Å². The predicted molar refractivity (Wildman–Crippen MR) is 108 cm³/mol. The van der Waals surface area contributed by atoms with Gasteiger partial charge in [-0.3, -0.25) is 9.59 Å². The lowest BCUT2D eigenvalue weighted by atomic mass is 10.0. The van der Waals surface area contributed by atoms with Gasteiger partial charge in [-0.25, -0.2) is 9.59 Å². The van der Waals surface area contributed by atoms with Gasteiger partial charge in [0.2, 0.25) is 0 Å². The maximum absolute atomic E-state index is 12.7. The molecule has 1 aromatic carbocycles. The maximum Gasteiger partial charge on any atom is 0.331 e. The Kier molecular flexibility index (Phi) is 6.89. The predicted octanol–water partition coefficient (Wildman–Crippen LogP) is 2.35. The summed E-state index contributed by atoms with van der Waals surface area (Å²) in [5.41, 5.74) is 0.691. The van der Waals surface area contributed by atoms with Gasteiger partial charge in [0.1, 0.15) is 18.0 Å². The van der Waals surface area contributed by atoms with E-state index in [1.54, 1.807) is 18.2 Å². The summed E-state index contributed by atoms with van der Waals surface area (Å²) < 4.78 is 15.8. The first-order valence-corrected chi connectivity index (χ1v) is 10.0. The fourth-order valence-corrected chi connectivity index (χ4v) is 3.59. The van der Waals surface area contributed by atoms with Crippen molar-refractivity contribution in [1.82, 2.24) is 0 Å². The first kappa shape index (κ1) is 22.3. The fraction of sp³-hybridized carbons (Fsp3) is 0.391. The molecule has 0 amide bonds. The molecule has 2 aliphatic rings. The van der Waals surface area contributed by atoms with Gasteiger partial charge in [-0.1, -0.05) is 18.2 Å². The van der Waals surface area contributed by atoms with E-state index in [1.807, 2.05) is 0 Å². The average molecular weight is 428 g/mol. The number of ketones is 1. The summed E-state index contributed by atoms with van der Waals surface area (Å²) >= 11 is 0.